The van der Waals surface area contributed by atoms with Gasteiger partial charge in [-0.05, 0) is 74.3 Å². The number of carbonyl (C=O) groups is 4. The van der Waals surface area contributed by atoms with Crippen LogP contribution in [-0.2, 0) is 19.1 Å². The summed E-state index contributed by atoms with van der Waals surface area (Å²) in [5.41, 5.74) is -0.900. The number of rotatable bonds is 12. The van der Waals surface area contributed by atoms with Crippen molar-refractivity contribution in [2.45, 2.75) is 65.2 Å². The van der Waals surface area contributed by atoms with E-state index in [4.69, 9.17) is 88.6 Å². The first-order chi connectivity index (χ1) is 21.8. The smallest absolute Gasteiger partial charge is 0.423 e. The van der Waals surface area contributed by atoms with Gasteiger partial charge in [0.15, 0.2) is 11.5 Å². The van der Waals surface area contributed by atoms with Crippen LogP contribution in [0.1, 0.15) is 85.9 Å². The molecule has 14 heteroatoms. The van der Waals surface area contributed by atoms with E-state index in [1.54, 1.807) is 0 Å². The monoisotopic (exact) mass is 754 g/mol. The first-order valence-electron chi connectivity index (χ1n) is 15.0. The van der Waals surface area contributed by atoms with Crippen molar-refractivity contribution < 1.29 is 38.1 Å². The molecule has 0 unspecified atom stereocenters. The van der Waals surface area contributed by atoms with E-state index in [-0.39, 0.29) is 43.3 Å². The van der Waals surface area contributed by atoms with E-state index in [1.165, 1.54) is 0 Å². The molecule has 0 amide bonds. The summed E-state index contributed by atoms with van der Waals surface area (Å²) in [5, 5.41) is -1.43. The Hall–Kier alpha value is -1.94. The second-order valence-electron chi connectivity index (χ2n) is 11.6. The molecule has 0 bridgehead atoms. The zero-order valence-corrected chi connectivity index (χ0v) is 29.6. The van der Waals surface area contributed by atoms with Gasteiger partial charge in [0.25, 0.3) is 0 Å². The minimum Gasteiger partial charge on any atom is -0.462 e. The second kappa shape index (κ2) is 16.4. The van der Waals surface area contributed by atoms with Crippen molar-refractivity contribution >= 4 is 93.5 Å². The van der Waals surface area contributed by atoms with Gasteiger partial charge in [0, 0.05) is 0 Å². The van der Waals surface area contributed by atoms with Crippen molar-refractivity contribution in [2.75, 3.05) is 13.2 Å². The van der Waals surface area contributed by atoms with Crippen LogP contribution in [0.15, 0.2) is 12.1 Å². The van der Waals surface area contributed by atoms with Gasteiger partial charge in [-0.25, -0.2) is 19.2 Å². The highest BCUT2D eigenvalue weighted by Crippen LogP contribution is 2.43. The lowest BCUT2D eigenvalue weighted by molar-refractivity contribution is -0.156. The van der Waals surface area contributed by atoms with E-state index in [0.717, 1.165) is 50.7 Å². The number of halogens is 6. The van der Waals surface area contributed by atoms with E-state index in [9.17, 15) is 19.2 Å². The predicted molar refractivity (Wildman–Crippen MR) is 177 cm³/mol. The van der Waals surface area contributed by atoms with Gasteiger partial charge >= 0.3 is 23.9 Å². The van der Waals surface area contributed by atoms with Crippen LogP contribution in [0.5, 0.6) is 11.5 Å². The van der Waals surface area contributed by atoms with E-state index in [1.807, 2.05) is 0 Å². The summed E-state index contributed by atoms with van der Waals surface area (Å²) < 4.78 is 21.1. The van der Waals surface area contributed by atoms with Crippen LogP contribution in [0, 0.1) is 23.7 Å². The van der Waals surface area contributed by atoms with Crippen molar-refractivity contribution in [1.82, 2.24) is 0 Å². The highest BCUT2D eigenvalue weighted by molar-refractivity contribution is 6.47. The van der Waals surface area contributed by atoms with Crippen molar-refractivity contribution in [3.63, 3.8) is 0 Å². The molecule has 2 aliphatic carbocycles. The Morgan fingerprint density at radius 3 is 1.26 bits per heavy atom. The van der Waals surface area contributed by atoms with Gasteiger partial charge in [0.05, 0.1) is 43.3 Å². The molecule has 0 radical (unpaired) electrons. The summed E-state index contributed by atoms with van der Waals surface area (Å²) >= 11 is 37.3. The van der Waals surface area contributed by atoms with Crippen LogP contribution in [-0.4, -0.2) is 37.1 Å². The molecule has 2 aromatic carbocycles. The lowest BCUT2D eigenvalue weighted by atomic mass is 9.72. The third kappa shape index (κ3) is 8.74. The maximum Gasteiger partial charge on any atom is 0.423 e. The Morgan fingerprint density at radius 1 is 0.587 bits per heavy atom. The molecule has 2 aliphatic rings. The zero-order valence-electron chi connectivity index (χ0n) is 25.1. The van der Waals surface area contributed by atoms with Crippen LogP contribution < -0.4 is 9.47 Å². The standard InChI is InChI=1S/C32H32Cl6O8/c1-3-15-9-17(10-15)5-7-43-29(39)23-25(37)19(33)13-21(35)27(23)45-31(41)32(42)46-28-22(36)14-20(34)26(38)24(28)30(40)44-8-6-18-11-16(4-2)12-18/h13-18H,3-12H2,1-2H3. The maximum absolute atomic E-state index is 13.0. The molecule has 250 valence electrons. The molecule has 0 N–H and O–H groups in total. The fourth-order valence-electron chi connectivity index (χ4n) is 5.66. The van der Waals surface area contributed by atoms with Crippen molar-refractivity contribution in [2.24, 2.45) is 23.7 Å². The van der Waals surface area contributed by atoms with Crippen LogP contribution >= 0.6 is 69.6 Å². The van der Waals surface area contributed by atoms with Gasteiger partial charge < -0.3 is 18.9 Å². The summed E-state index contributed by atoms with van der Waals surface area (Å²) in [4.78, 5) is 51.9. The molecular formula is C32H32Cl6O8. The van der Waals surface area contributed by atoms with E-state index in [0.29, 0.717) is 36.5 Å². The molecule has 0 saturated heterocycles. The molecule has 0 aliphatic heterocycles. The molecular weight excluding hydrogens is 725 g/mol. The van der Waals surface area contributed by atoms with Crippen LogP contribution in [0.4, 0.5) is 0 Å². The Bertz CT molecular complexity index is 1390. The molecule has 8 nitrogen and oxygen atoms in total. The molecule has 2 aromatic rings. The van der Waals surface area contributed by atoms with Gasteiger partial charge in [-0.3, -0.25) is 0 Å². The predicted octanol–water partition coefficient (Wildman–Crippen LogP) is 10.1. The fraction of sp³-hybridized carbons (Fsp3) is 0.500. The summed E-state index contributed by atoms with van der Waals surface area (Å²) in [6, 6.07) is 2.26. The molecule has 46 heavy (non-hydrogen) atoms. The number of esters is 4. The average molecular weight is 757 g/mol. The minimum absolute atomic E-state index is 0.0877. The molecule has 2 fully saturated rings. The van der Waals surface area contributed by atoms with Crippen molar-refractivity contribution in [3.8, 4) is 11.5 Å². The lowest BCUT2D eigenvalue weighted by Gasteiger charge is -2.34. The Morgan fingerprint density at radius 2 is 0.935 bits per heavy atom. The first kappa shape index (κ1) is 36.9. The lowest BCUT2D eigenvalue weighted by Crippen LogP contribution is -2.28. The largest absolute Gasteiger partial charge is 0.462 e. The number of hydrogen-bond acceptors (Lipinski definition) is 8. The maximum atomic E-state index is 13.0. The van der Waals surface area contributed by atoms with Crippen LogP contribution in [0.2, 0.25) is 30.1 Å². The summed E-state index contributed by atoms with van der Waals surface area (Å²) in [7, 11) is 0. The van der Waals surface area contributed by atoms with Crippen LogP contribution in [0.3, 0.4) is 0 Å². The van der Waals surface area contributed by atoms with Gasteiger partial charge in [-0.15, -0.1) is 0 Å². The first-order valence-corrected chi connectivity index (χ1v) is 17.2. The number of carbonyl (C=O) groups excluding carboxylic acids is 4. The Kier molecular flexibility index (Phi) is 13.2. The zero-order chi connectivity index (χ0) is 33.7. The van der Waals surface area contributed by atoms with E-state index >= 15 is 0 Å². The molecule has 0 aromatic heterocycles. The topological polar surface area (TPSA) is 105 Å². The number of benzene rings is 2. The number of ether oxygens (including phenoxy) is 4. The third-order valence-electron chi connectivity index (χ3n) is 8.56. The summed E-state index contributed by atoms with van der Waals surface area (Å²) in [6.45, 7) is 4.44. The molecule has 0 atom stereocenters. The highest BCUT2D eigenvalue weighted by Gasteiger charge is 2.33. The Labute approximate surface area is 297 Å². The Balaban J connectivity index is 1.46. The van der Waals surface area contributed by atoms with Crippen molar-refractivity contribution in [1.29, 1.82) is 0 Å². The van der Waals surface area contributed by atoms with Gasteiger partial charge in [0.2, 0.25) is 0 Å². The summed E-state index contributed by atoms with van der Waals surface area (Å²) in [5.74, 6) is -4.08. The van der Waals surface area contributed by atoms with Gasteiger partial charge in [-0.2, -0.15) is 0 Å². The molecule has 0 spiro atoms. The molecule has 2 saturated carbocycles. The highest BCUT2D eigenvalue weighted by atomic mass is 35.5. The average Bonchev–Trinajstić information content (AvgIpc) is 2.96. The second-order valence-corrected chi connectivity index (χ2v) is 14.0. The SMILES string of the molecule is CCC1CC(CCOC(=O)c2c(Cl)c(Cl)cc(Cl)c2OC(=O)C(=O)Oc2c(Cl)cc(Cl)c(Cl)c2C(=O)OCCC2CC(CC)C2)C1. The third-order valence-corrected chi connectivity index (χ3v) is 10.7. The fourth-order valence-corrected chi connectivity index (χ4v) is 7.10. The molecule has 4 rings (SSSR count). The number of hydrogen-bond donors (Lipinski definition) is 0. The van der Waals surface area contributed by atoms with Gasteiger partial charge in [0.1, 0.15) is 11.1 Å². The minimum atomic E-state index is -1.63. The quantitative estimate of drug-likeness (QED) is 0.0912. The van der Waals surface area contributed by atoms with Gasteiger partial charge in [-0.1, -0.05) is 96.3 Å². The van der Waals surface area contributed by atoms with E-state index < -0.39 is 46.5 Å². The molecule has 0 heterocycles. The van der Waals surface area contributed by atoms with Crippen LogP contribution in [0.25, 0.3) is 0 Å². The van der Waals surface area contributed by atoms with E-state index in [2.05, 4.69) is 13.8 Å². The summed E-state index contributed by atoms with van der Waals surface area (Å²) in [6.07, 6.45) is 7.74. The van der Waals surface area contributed by atoms with Crippen molar-refractivity contribution in [3.05, 3.63) is 53.4 Å². The normalized spacial score (nSPS) is 20.3.